The highest BCUT2D eigenvalue weighted by Crippen LogP contribution is 2.24. The summed E-state index contributed by atoms with van der Waals surface area (Å²) in [5.41, 5.74) is 7.33. The first-order valence-corrected chi connectivity index (χ1v) is 6.74. The molecule has 5 heteroatoms. The first-order valence-electron chi connectivity index (χ1n) is 5.95. The highest BCUT2D eigenvalue weighted by atomic mass is 35.5. The summed E-state index contributed by atoms with van der Waals surface area (Å²) in [6.45, 7) is 0.418. The van der Waals surface area contributed by atoms with E-state index in [1.54, 1.807) is 25.3 Å². The minimum absolute atomic E-state index is 0.261. The van der Waals surface area contributed by atoms with E-state index in [0.717, 1.165) is 11.3 Å². The molecular formula is C15H14ClNO2S. The smallest absolute Gasteiger partial charge is 0.130 e. The number of halogens is 1. The Bertz CT molecular complexity index is 614. The minimum atomic E-state index is 0.261. The van der Waals surface area contributed by atoms with Crippen molar-refractivity contribution in [1.82, 2.24) is 0 Å². The van der Waals surface area contributed by atoms with Crippen LogP contribution in [0, 0.1) is 0 Å². The third kappa shape index (κ3) is 3.62. The van der Waals surface area contributed by atoms with Gasteiger partial charge in [-0.2, -0.15) is 0 Å². The van der Waals surface area contributed by atoms with Crippen LogP contribution in [0.5, 0.6) is 11.5 Å². The third-order valence-electron chi connectivity index (χ3n) is 2.76. The molecular weight excluding hydrogens is 294 g/mol. The Morgan fingerprint density at radius 3 is 2.50 bits per heavy atom. The Balaban J connectivity index is 2.12. The van der Waals surface area contributed by atoms with Gasteiger partial charge in [0.05, 0.1) is 12.7 Å². The molecule has 0 heterocycles. The lowest BCUT2D eigenvalue weighted by molar-refractivity contribution is 0.305. The molecule has 2 aromatic rings. The highest BCUT2D eigenvalue weighted by Gasteiger charge is 2.07. The fourth-order valence-electron chi connectivity index (χ4n) is 1.70. The Morgan fingerprint density at radius 1 is 1.20 bits per heavy atom. The zero-order valence-electron chi connectivity index (χ0n) is 10.9. The summed E-state index contributed by atoms with van der Waals surface area (Å²) in [5, 5.41) is 0.574. The zero-order valence-corrected chi connectivity index (χ0v) is 12.5. The molecule has 3 nitrogen and oxygen atoms in total. The van der Waals surface area contributed by atoms with Gasteiger partial charge in [0.25, 0.3) is 0 Å². The number of hydrogen-bond donors (Lipinski definition) is 1. The standard InChI is InChI=1S/C15H14ClNO2S/c1-18-12-5-2-10(3-6-12)9-19-14-7-4-11(16)8-13(14)15(17)20/h2-8H,9H2,1H3,(H2,17,20). The third-order valence-corrected chi connectivity index (χ3v) is 3.22. The molecule has 0 aromatic heterocycles. The molecule has 0 aliphatic heterocycles. The molecule has 2 rings (SSSR count). The summed E-state index contributed by atoms with van der Waals surface area (Å²) in [5.74, 6) is 1.43. The molecule has 20 heavy (non-hydrogen) atoms. The normalized spacial score (nSPS) is 10.1. The predicted molar refractivity (Wildman–Crippen MR) is 84.7 cm³/mol. The van der Waals surface area contributed by atoms with Crippen LogP contribution in [0.3, 0.4) is 0 Å². The molecule has 0 radical (unpaired) electrons. The number of nitrogens with two attached hydrogens (primary N) is 1. The SMILES string of the molecule is COc1ccc(COc2ccc(Cl)cc2C(N)=S)cc1. The van der Waals surface area contributed by atoms with Gasteiger partial charge in [0.2, 0.25) is 0 Å². The molecule has 104 valence electrons. The Hall–Kier alpha value is -1.78. The summed E-state index contributed by atoms with van der Waals surface area (Å²) in [4.78, 5) is 0.261. The molecule has 0 fully saturated rings. The molecule has 0 aliphatic carbocycles. The van der Waals surface area contributed by atoms with Crippen LogP contribution in [0.15, 0.2) is 42.5 Å². The van der Waals surface area contributed by atoms with E-state index < -0.39 is 0 Å². The maximum atomic E-state index is 5.93. The highest BCUT2D eigenvalue weighted by molar-refractivity contribution is 7.80. The molecule has 0 aliphatic rings. The van der Waals surface area contributed by atoms with Crippen molar-refractivity contribution in [3.8, 4) is 11.5 Å². The van der Waals surface area contributed by atoms with Crippen molar-refractivity contribution in [2.75, 3.05) is 7.11 Å². The maximum absolute atomic E-state index is 5.93. The fraction of sp³-hybridized carbons (Fsp3) is 0.133. The van der Waals surface area contributed by atoms with Crippen LogP contribution in [0.25, 0.3) is 0 Å². The van der Waals surface area contributed by atoms with Gasteiger partial charge in [-0.3, -0.25) is 0 Å². The summed E-state index contributed by atoms with van der Waals surface area (Å²) < 4.78 is 10.9. The topological polar surface area (TPSA) is 44.5 Å². The molecule has 0 unspecified atom stereocenters. The van der Waals surface area contributed by atoms with Crippen LogP contribution >= 0.6 is 23.8 Å². The lowest BCUT2D eigenvalue weighted by Gasteiger charge is -2.11. The molecule has 0 saturated heterocycles. The molecule has 2 aromatic carbocycles. The van der Waals surface area contributed by atoms with Crippen LogP contribution in [0.4, 0.5) is 0 Å². The molecule has 0 amide bonds. The van der Waals surface area contributed by atoms with Gasteiger partial charge >= 0.3 is 0 Å². The van der Waals surface area contributed by atoms with Crippen LogP contribution in [-0.2, 0) is 6.61 Å². The number of rotatable bonds is 5. The van der Waals surface area contributed by atoms with E-state index in [1.807, 2.05) is 24.3 Å². The van der Waals surface area contributed by atoms with Gasteiger partial charge in [-0.25, -0.2) is 0 Å². The number of benzene rings is 2. The monoisotopic (exact) mass is 307 g/mol. The summed E-state index contributed by atoms with van der Waals surface area (Å²) in [7, 11) is 1.63. The van der Waals surface area contributed by atoms with Gasteiger partial charge in [0, 0.05) is 5.02 Å². The summed E-state index contributed by atoms with van der Waals surface area (Å²) in [6, 6.07) is 12.9. The predicted octanol–water partition coefficient (Wildman–Crippen LogP) is 3.56. The van der Waals surface area contributed by atoms with Gasteiger partial charge in [0.15, 0.2) is 0 Å². The van der Waals surface area contributed by atoms with E-state index in [-0.39, 0.29) is 4.99 Å². The minimum Gasteiger partial charge on any atom is -0.497 e. The van der Waals surface area contributed by atoms with E-state index in [2.05, 4.69) is 0 Å². The molecule has 2 N–H and O–H groups in total. The van der Waals surface area contributed by atoms with Gasteiger partial charge in [-0.05, 0) is 35.9 Å². The zero-order chi connectivity index (χ0) is 14.5. The second-order valence-electron chi connectivity index (χ2n) is 4.14. The summed E-state index contributed by atoms with van der Waals surface area (Å²) >= 11 is 10.9. The quantitative estimate of drug-likeness (QED) is 0.858. The van der Waals surface area contributed by atoms with E-state index in [1.165, 1.54) is 0 Å². The van der Waals surface area contributed by atoms with E-state index in [9.17, 15) is 0 Å². The van der Waals surface area contributed by atoms with Crippen molar-refractivity contribution in [1.29, 1.82) is 0 Å². The molecule has 0 atom stereocenters. The van der Waals surface area contributed by atoms with Crippen LogP contribution in [0.1, 0.15) is 11.1 Å². The van der Waals surface area contributed by atoms with Crippen molar-refractivity contribution < 1.29 is 9.47 Å². The Kier molecular flexibility index (Phi) is 4.82. The van der Waals surface area contributed by atoms with Crippen molar-refractivity contribution >= 4 is 28.8 Å². The number of ether oxygens (including phenoxy) is 2. The second-order valence-corrected chi connectivity index (χ2v) is 5.02. The van der Waals surface area contributed by atoms with Crippen molar-refractivity contribution in [2.45, 2.75) is 6.61 Å². The van der Waals surface area contributed by atoms with Gasteiger partial charge in [-0.15, -0.1) is 0 Å². The average molecular weight is 308 g/mol. The molecule has 0 saturated carbocycles. The van der Waals surface area contributed by atoms with Gasteiger partial charge < -0.3 is 15.2 Å². The van der Waals surface area contributed by atoms with Crippen LogP contribution in [0.2, 0.25) is 5.02 Å². The lowest BCUT2D eigenvalue weighted by Crippen LogP contribution is -2.11. The summed E-state index contributed by atoms with van der Waals surface area (Å²) in [6.07, 6.45) is 0. The maximum Gasteiger partial charge on any atom is 0.130 e. The molecule has 0 bridgehead atoms. The number of hydrogen-bond acceptors (Lipinski definition) is 3. The van der Waals surface area contributed by atoms with Gasteiger partial charge in [-0.1, -0.05) is 36.0 Å². The van der Waals surface area contributed by atoms with Crippen molar-refractivity contribution in [2.24, 2.45) is 5.73 Å². The average Bonchev–Trinajstić information content (AvgIpc) is 2.46. The Morgan fingerprint density at radius 2 is 1.90 bits per heavy atom. The fourth-order valence-corrected chi connectivity index (χ4v) is 2.04. The van der Waals surface area contributed by atoms with Crippen LogP contribution < -0.4 is 15.2 Å². The number of methoxy groups -OCH3 is 1. The first-order chi connectivity index (χ1) is 9.60. The van der Waals surface area contributed by atoms with Crippen LogP contribution in [-0.4, -0.2) is 12.1 Å². The van der Waals surface area contributed by atoms with E-state index in [4.69, 9.17) is 39.0 Å². The van der Waals surface area contributed by atoms with Crippen molar-refractivity contribution in [3.05, 3.63) is 58.6 Å². The van der Waals surface area contributed by atoms with Crippen molar-refractivity contribution in [3.63, 3.8) is 0 Å². The number of thiocarbonyl (C=S) groups is 1. The lowest BCUT2D eigenvalue weighted by atomic mass is 10.2. The Labute approximate surface area is 128 Å². The van der Waals surface area contributed by atoms with E-state index in [0.29, 0.717) is 22.9 Å². The van der Waals surface area contributed by atoms with Gasteiger partial charge in [0.1, 0.15) is 23.1 Å². The van der Waals surface area contributed by atoms with E-state index >= 15 is 0 Å². The second kappa shape index (κ2) is 6.59. The molecule has 0 spiro atoms. The largest absolute Gasteiger partial charge is 0.497 e. The first kappa shape index (κ1) is 14.6.